The van der Waals surface area contributed by atoms with Gasteiger partial charge in [-0.2, -0.15) is 0 Å². The molecule has 0 bridgehead atoms. The summed E-state index contributed by atoms with van der Waals surface area (Å²) in [6.07, 6.45) is 4.53. The number of pyridine rings is 1. The zero-order chi connectivity index (χ0) is 18.3. The van der Waals surface area contributed by atoms with Crippen LogP contribution < -0.4 is 5.32 Å². The van der Waals surface area contributed by atoms with Gasteiger partial charge in [0, 0.05) is 54.8 Å². The van der Waals surface area contributed by atoms with Crippen LogP contribution in [0.5, 0.6) is 0 Å². The lowest BCUT2D eigenvalue weighted by Gasteiger charge is -2.23. The second-order valence-electron chi connectivity index (χ2n) is 7.88. The molecule has 2 aliphatic rings. The molecule has 136 valence electrons. The van der Waals surface area contributed by atoms with E-state index in [0.717, 1.165) is 42.7 Å². The lowest BCUT2D eigenvalue weighted by molar-refractivity contribution is 0.0736. The molecule has 2 aliphatic heterocycles. The quantitative estimate of drug-likeness (QED) is 0.891. The topological polar surface area (TPSA) is 65.5 Å². The Morgan fingerprint density at radius 1 is 1.23 bits per heavy atom. The smallest absolute Gasteiger partial charge is 0.254 e. The van der Waals surface area contributed by atoms with Crippen molar-refractivity contribution >= 4 is 5.91 Å². The normalized spacial score (nSPS) is 22.5. The Kier molecular flexibility index (Phi) is 4.29. The summed E-state index contributed by atoms with van der Waals surface area (Å²) in [5.41, 5.74) is 2.36. The molecule has 0 spiro atoms. The molecule has 26 heavy (non-hydrogen) atoms. The highest BCUT2D eigenvalue weighted by molar-refractivity contribution is 5.96. The van der Waals surface area contributed by atoms with E-state index < -0.39 is 5.60 Å². The van der Waals surface area contributed by atoms with Gasteiger partial charge in [-0.3, -0.25) is 9.78 Å². The van der Waals surface area contributed by atoms with Crippen LogP contribution >= 0.6 is 0 Å². The molecule has 5 nitrogen and oxygen atoms in total. The molecule has 1 aromatic carbocycles. The number of fused-ring (bicyclic) bond motifs is 1. The van der Waals surface area contributed by atoms with Crippen molar-refractivity contribution in [2.24, 2.45) is 5.92 Å². The van der Waals surface area contributed by atoms with Crippen molar-refractivity contribution in [1.29, 1.82) is 0 Å². The maximum absolute atomic E-state index is 13.0. The number of nitrogens with one attached hydrogen (secondary N) is 1. The van der Waals surface area contributed by atoms with Crippen molar-refractivity contribution in [2.45, 2.75) is 31.9 Å². The number of likely N-dealkylation sites (tertiary alicyclic amines) is 1. The minimum absolute atomic E-state index is 0.106. The SMILES string of the molecule is CC(C)(O)c1cncc(-c2cccc(C(=O)N3CCC4CNCC43)c2)c1. The Hall–Kier alpha value is -2.24. The first-order valence-corrected chi connectivity index (χ1v) is 9.23. The van der Waals surface area contributed by atoms with Gasteiger partial charge in [0.25, 0.3) is 5.91 Å². The van der Waals surface area contributed by atoms with Crippen molar-refractivity contribution in [3.05, 3.63) is 53.9 Å². The maximum atomic E-state index is 13.0. The molecule has 1 aromatic heterocycles. The molecule has 2 aromatic rings. The van der Waals surface area contributed by atoms with Crippen molar-refractivity contribution in [1.82, 2.24) is 15.2 Å². The van der Waals surface area contributed by atoms with Gasteiger partial charge in [0.15, 0.2) is 0 Å². The van der Waals surface area contributed by atoms with Gasteiger partial charge < -0.3 is 15.3 Å². The van der Waals surface area contributed by atoms with E-state index in [1.165, 1.54) is 0 Å². The summed E-state index contributed by atoms with van der Waals surface area (Å²) in [7, 11) is 0. The molecule has 0 aliphatic carbocycles. The molecule has 2 fully saturated rings. The van der Waals surface area contributed by atoms with E-state index in [4.69, 9.17) is 0 Å². The highest BCUT2D eigenvalue weighted by atomic mass is 16.3. The molecular weight excluding hydrogens is 326 g/mol. The summed E-state index contributed by atoms with van der Waals surface area (Å²) in [6, 6.07) is 9.97. The second kappa shape index (κ2) is 6.49. The van der Waals surface area contributed by atoms with Crippen LogP contribution in [-0.2, 0) is 5.60 Å². The first-order chi connectivity index (χ1) is 12.4. The Balaban J connectivity index is 1.62. The first kappa shape index (κ1) is 17.2. The lowest BCUT2D eigenvalue weighted by Crippen LogP contribution is -2.39. The summed E-state index contributed by atoms with van der Waals surface area (Å²) in [5, 5.41) is 13.6. The van der Waals surface area contributed by atoms with Crippen molar-refractivity contribution in [3.63, 3.8) is 0 Å². The predicted molar refractivity (Wildman–Crippen MR) is 101 cm³/mol. The van der Waals surface area contributed by atoms with Crippen LogP contribution in [0.2, 0.25) is 0 Å². The molecule has 4 rings (SSSR count). The number of carbonyl (C=O) groups is 1. The third-order valence-corrected chi connectivity index (χ3v) is 5.59. The van der Waals surface area contributed by atoms with E-state index >= 15 is 0 Å². The number of carbonyl (C=O) groups excluding carboxylic acids is 1. The molecular formula is C21H25N3O2. The highest BCUT2D eigenvalue weighted by Crippen LogP contribution is 2.30. The average molecular weight is 351 g/mol. The average Bonchev–Trinajstić information content (AvgIpc) is 3.24. The zero-order valence-electron chi connectivity index (χ0n) is 15.3. The lowest BCUT2D eigenvalue weighted by atomic mass is 9.96. The van der Waals surface area contributed by atoms with Crippen molar-refractivity contribution in [2.75, 3.05) is 19.6 Å². The molecule has 0 saturated carbocycles. The van der Waals surface area contributed by atoms with Gasteiger partial charge in [-0.25, -0.2) is 0 Å². The fourth-order valence-electron chi connectivity index (χ4n) is 4.03. The third kappa shape index (κ3) is 3.13. The van der Waals surface area contributed by atoms with E-state index in [0.29, 0.717) is 17.5 Å². The monoisotopic (exact) mass is 351 g/mol. The zero-order valence-corrected chi connectivity index (χ0v) is 15.3. The van der Waals surface area contributed by atoms with Crippen LogP contribution in [0.4, 0.5) is 0 Å². The van der Waals surface area contributed by atoms with Crippen LogP contribution in [0.25, 0.3) is 11.1 Å². The minimum atomic E-state index is -0.948. The van der Waals surface area contributed by atoms with E-state index in [1.54, 1.807) is 26.2 Å². The summed E-state index contributed by atoms with van der Waals surface area (Å²) < 4.78 is 0. The van der Waals surface area contributed by atoms with Gasteiger partial charge in [-0.05, 0) is 49.9 Å². The fraction of sp³-hybridized carbons (Fsp3) is 0.429. The van der Waals surface area contributed by atoms with Gasteiger partial charge >= 0.3 is 0 Å². The van der Waals surface area contributed by atoms with Crippen LogP contribution in [0.3, 0.4) is 0 Å². The maximum Gasteiger partial charge on any atom is 0.254 e. The van der Waals surface area contributed by atoms with Crippen LogP contribution in [-0.4, -0.2) is 46.6 Å². The predicted octanol–water partition coefficient (Wildman–Crippen LogP) is 2.41. The largest absolute Gasteiger partial charge is 0.386 e. The van der Waals surface area contributed by atoms with Gasteiger partial charge in [-0.1, -0.05) is 12.1 Å². The van der Waals surface area contributed by atoms with Crippen LogP contribution in [0, 0.1) is 5.92 Å². The van der Waals surface area contributed by atoms with Gasteiger partial charge in [0.2, 0.25) is 0 Å². The number of rotatable bonds is 3. The number of aliphatic hydroxyl groups is 1. The molecule has 1 amide bonds. The van der Waals surface area contributed by atoms with Gasteiger partial charge in [0.1, 0.15) is 0 Å². The summed E-state index contributed by atoms with van der Waals surface area (Å²) >= 11 is 0. The van der Waals surface area contributed by atoms with E-state index in [2.05, 4.69) is 10.3 Å². The standard InChI is InChI=1S/C21H25N3O2/c1-21(2,26)18-9-17(11-22-12-18)14-4-3-5-15(8-14)20(25)24-7-6-16-10-23-13-19(16)24/h3-5,8-9,11-12,16,19,23,26H,6-7,10,13H2,1-2H3. The Morgan fingerprint density at radius 3 is 2.88 bits per heavy atom. The second-order valence-corrected chi connectivity index (χ2v) is 7.88. The highest BCUT2D eigenvalue weighted by Gasteiger charge is 2.40. The summed E-state index contributed by atoms with van der Waals surface area (Å²) in [5.74, 6) is 0.699. The van der Waals surface area contributed by atoms with Gasteiger partial charge in [-0.15, -0.1) is 0 Å². The molecule has 2 saturated heterocycles. The number of hydrogen-bond donors (Lipinski definition) is 2. The first-order valence-electron chi connectivity index (χ1n) is 9.23. The summed E-state index contributed by atoms with van der Waals surface area (Å²) in [4.78, 5) is 19.3. The van der Waals surface area contributed by atoms with E-state index in [1.807, 2.05) is 35.2 Å². The Bertz CT molecular complexity index is 828. The number of aromatic nitrogens is 1. The molecule has 2 atom stereocenters. The van der Waals surface area contributed by atoms with Gasteiger partial charge in [0.05, 0.1) is 5.60 Å². The molecule has 2 N–H and O–H groups in total. The third-order valence-electron chi connectivity index (χ3n) is 5.59. The Morgan fingerprint density at radius 2 is 2.08 bits per heavy atom. The van der Waals surface area contributed by atoms with Crippen LogP contribution in [0.1, 0.15) is 36.2 Å². The Labute approximate surface area is 154 Å². The van der Waals surface area contributed by atoms with Crippen LogP contribution in [0.15, 0.2) is 42.7 Å². The van der Waals surface area contributed by atoms with E-state index in [-0.39, 0.29) is 5.91 Å². The summed E-state index contributed by atoms with van der Waals surface area (Å²) in [6.45, 7) is 6.24. The molecule has 0 radical (unpaired) electrons. The minimum Gasteiger partial charge on any atom is -0.386 e. The molecule has 3 heterocycles. The number of amides is 1. The fourth-order valence-corrected chi connectivity index (χ4v) is 4.03. The number of hydrogen-bond acceptors (Lipinski definition) is 4. The van der Waals surface area contributed by atoms with Crippen molar-refractivity contribution < 1.29 is 9.90 Å². The van der Waals surface area contributed by atoms with E-state index in [9.17, 15) is 9.90 Å². The van der Waals surface area contributed by atoms with Crippen molar-refractivity contribution in [3.8, 4) is 11.1 Å². The molecule has 2 unspecified atom stereocenters. The number of nitrogens with zero attached hydrogens (tertiary/aromatic N) is 2. The number of benzene rings is 1. The molecule has 5 heteroatoms.